The van der Waals surface area contributed by atoms with Crippen LogP contribution in [0.1, 0.15) is 11.1 Å². The van der Waals surface area contributed by atoms with Crippen LogP contribution in [0.3, 0.4) is 0 Å². The lowest BCUT2D eigenvalue weighted by Gasteiger charge is -2.20. The van der Waals surface area contributed by atoms with Crippen molar-refractivity contribution >= 4 is 15.7 Å². The summed E-state index contributed by atoms with van der Waals surface area (Å²) < 4.78 is 35.8. The van der Waals surface area contributed by atoms with E-state index >= 15 is 0 Å². The number of hydrogen-bond acceptors (Lipinski definition) is 3. The van der Waals surface area contributed by atoms with E-state index in [9.17, 15) is 12.8 Å². The van der Waals surface area contributed by atoms with Crippen molar-refractivity contribution < 1.29 is 12.8 Å². The third-order valence-corrected chi connectivity index (χ3v) is 4.57. The number of fused-ring (bicyclic) bond motifs is 1. The Balaban J connectivity index is 1.90. The fourth-order valence-corrected chi connectivity index (χ4v) is 3.11. The van der Waals surface area contributed by atoms with Gasteiger partial charge in [0.2, 0.25) is 10.0 Å². The first-order chi connectivity index (χ1) is 9.93. The van der Waals surface area contributed by atoms with Gasteiger partial charge in [-0.25, -0.2) is 17.9 Å². The van der Waals surface area contributed by atoms with Crippen molar-refractivity contribution in [3.05, 3.63) is 59.4 Å². The lowest BCUT2D eigenvalue weighted by molar-refractivity contribution is 0.597. The normalized spacial score (nSPS) is 14.3. The highest BCUT2D eigenvalue weighted by Crippen LogP contribution is 2.31. The number of primary sulfonamides is 1. The first kappa shape index (κ1) is 14.0. The van der Waals surface area contributed by atoms with Gasteiger partial charge in [0.15, 0.2) is 0 Å². The maximum Gasteiger partial charge on any atom is 0.238 e. The highest BCUT2D eigenvalue weighted by Gasteiger charge is 2.21. The Bertz CT molecular complexity index is 773. The standard InChI is InChI=1S/C15H15FN2O2S/c16-13-4-1-11(2-5-13)10-18-8-7-12-3-6-14(9-15(12)18)21(17,19)20/h1-6,9H,7-8,10H2,(H2,17,19,20). The van der Waals surface area contributed by atoms with Gasteiger partial charge < -0.3 is 4.90 Å². The molecule has 2 aromatic carbocycles. The van der Waals surface area contributed by atoms with Crippen molar-refractivity contribution in [3.8, 4) is 0 Å². The maximum absolute atomic E-state index is 12.9. The van der Waals surface area contributed by atoms with Crippen LogP contribution >= 0.6 is 0 Å². The fraction of sp³-hybridized carbons (Fsp3) is 0.200. The van der Waals surface area contributed by atoms with Gasteiger partial charge in [-0.3, -0.25) is 0 Å². The molecule has 0 radical (unpaired) electrons. The SMILES string of the molecule is NS(=O)(=O)c1ccc2c(c1)N(Cc1ccc(F)cc1)CC2. The van der Waals surface area contributed by atoms with E-state index in [1.807, 2.05) is 0 Å². The lowest BCUT2D eigenvalue weighted by Crippen LogP contribution is -2.20. The molecule has 0 saturated heterocycles. The Labute approximate surface area is 123 Å². The van der Waals surface area contributed by atoms with Gasteiger partial charge in [0, 0.05) is 18.8 Å². The molecule has 1 heterocycles. The number of hydrogen-bond donors (Lipinski definition) is 1. The van der Waals surface area contributed by atoms with Gasteiger partial charge in [-0.05, 0) is 41.8 Å². The molecule has 0 bridgehead atoms. The molecule has 3 rings (SSSR count). The second kappa shape index (κ2) is 5.13. The zero-order valence-corrected chi connectivity index (χ0v) is 12.1. The minimum atomic E-state index is -3.70. The van der Waals surface area contributed by atoms with E-state index in [1.165, 1.54) is 18.2 Å². The molecule has 21 heavy (non-hydrogen) atoms. The number of sulfonamides is 1. The average Bonchev–Trinajstić information content (AvgIpc) is 2.83. The van der Waals surface area contributed by atoms with Crippen molar-refractivity contribution in [2.24, 2.45) is 5.14 Å². The highest BCUT2D eigenvalue weighted by atomic mass is 32.2. The lowest BCUT2D eigenvalue weighted by atomic mass is 10.1. The summed E-state index contributed by atoms with van der Waals surface area (Å²) in [6.45, 7) is 1.42. The number of benzene rings is 2. The van der Waals surface area contributed by atoms with E-state index in [-0.39, 0.29) is 10.7 Å². The highest BCUT2D eigenvalue weighted by molar-refractivity contribution is 7.89. The first-order valence-electron chi connectivity index (χ1n) is 6.58. The van der Waals surface area contributed by atoms with Gasteiger partial charge in [0.05, 0.1) is 4.90 Å². The van der Waals surface area contributed by atoms with Crippen LogP contribution in [-0.4, -0.2) is 15.0 Å². The number of nitrogens with zero attached hydrogens (tertiary/aromatic N) is 1. The molecule has 0 amide bonds. The van der Waals surface area contributed by atoms with Crippen molar-refractivity contribution in [2.75, 3.05) is 11.4 Å². The van der Waals surface area contributed by atoms with Crippen LogP contribution < -0.4 is 10.0 Å². The van der Waals surface area contributed by atoms with Gasteiger partial charge in [0.1, 0.15) is 5.82 Å². The molecule has 2 aromatic rings. The summed E-state index contributed by atoms with van der Waals surface area (Å²) in [5.74, 6) is -0.267. The van der Waals surface area contributed by atoms with E-state index < -0.39 is 10.0 Å². The first-order valence-corrected chi connectivity index (χ1v) is 8.13. The third-order valence-electron chi connectivity index (χ3n) is 3.66. The topological polar surface area (TPSA) is 63.4 Å². The molecule has 0 unspecified atom stereocenters. The second-order valence-corrected chi connectivity index (χ2v) is 6.69. The number of halogens is 1. The zero-order valence-electron chi connectivity index (χ0n) is 11.3. The molecule has 4 nitrogen and oxygen atoms in total. The monoisotopic (exact) mass is 306 g/mol. The Kier molecular flexibility index (Phi) is 3.43. The minimum absolute atomic E-state index is 0.118. The quantitative estimate of drug-likeness (QED) is 0.944. The molecule has 0 aliphatic carbocycles. The van der Waals surface area contributed by atoms with Crippen molar-refractivity contribution in [3.63, 3.8) is 0 Å². The average molecular weight is 306 g/mol. The fourth-order valence-electron chi connectivity index (χ4n) is 2.58. The molecular formula is C15H15FN2O2S. The minimum Gasteiger partial charge on any atom is -0.367 e. The summed E-state index contributed by atoms with van der Waals surface area (Å²) in [6.07, 6.45) is 0.863. The van der Waals surface area contributed by atoms with E-state index in [2.05, 4.69) is 4.90 Å². The molecule has 1 aliphatic rings. The predicted molar refractivity (Wildman–Crippen MR) is 79.0 cm³/mol. The van der Waals surface area contributed by atoms with E-state index in [0.717, 1.165) is 29.8 Å². The Morgan fingerprint density at radius 1 is 1.14 bits per heavy atom. The summed E-state index contributed by atoms with van der Waals surface area (Å²) >= 11 is 0. The molecule has 110 valence electrons. The molecule has 0 atom stereocenters. The summed E-state index contributed by atoms with van der Waals surface area (Å²) in [5.41, 5.74) is 2.96. The van der Waals surface area contributed by atoms with Crippen molar-refractivity contribution in [1.29, 1.82) is 0 Å². The third kappa shape index (κ3) is 2.91. The van der Waals surface area contributed by atoms with Crippen LogP contribution in [-0.2, 0) is 23.0 Å². The van der Waals surface area contributed by atoms with Crippen LogP contribution in [0.5, 0.6) is 0 Å². The maximum atomic E-state index is 12.9. The summed E-state index contributed by atoms with van der Waals surface area (Å²) in [6, 6.07) is 11.3. The van der Waals surface area contributed by atoms with Crippen LogP contribution in [0.4, 0.5) is 10.1 Å². The van der Waals surface area contributed by atoms with Gasteiger partial charge in [-0.15, -0.1) is 0 Å². The smallest absolute Gasteiger partial charge is 0.238 e. The summed E-state index contributed by atoms with van der Waals surface area (Å²) in [5, 5.41) is 5.18. The summed E-state index contributed by atoms with van der Waals surface area (Å²) in [4.78, 5) is 2.20. The molecular weight excluding hydrogens is 291 g/mol. The Morgan fingerprint density at radius 3 is 2.52 bits per heavy atom. The molecule has 1 aliphatic heterocycles. The number of nitrogens with two attached hydrogens (primary N) is 1. The zero-order chi connectivity index (χ0) is 15.0. The van der Waals surface area contributed by atoms with Gasteiger partial charge in [-0.1, -0.05) is 18.2 Å². The Hall–Kier alpha value is -1.92. The van der Waals surface area contributed by atoms with Crippen LogP contribution in [0, 0.1) is 5.82 Å². The predicted octanol–water partition coefficient (Wildman–Crippen LogP) is 2.04. The van der Waals surface area contributed by atoms with E-state index in [4.69, 9.17) is 5.14 Å². The Morgan fingerprint density at radius 2 is 1.86 bits per heavy atom. The molecule has 0 saturated carbocycles. The van der Waals surface area contributed by atoms with E-state index in [1.54, 1.807) is 24.3 Å². The number of anilines is 1. The van der Waals surface area contributed by atoms with Crippen molar-refractivity contribution in [2.45, 2.75) is 17.9 Å². The van der Waals surface area contributed by atoms with Gasteiger partial charge >= 0.3 is 0 Å². The van der Waals surface area contributed by atoms with Crippen molar-refractivity contribution in [1.82, 2.24) is 0 Å². The summed E-state index contributed by atoms with van der Waals surface area (Å²) in [7, 11) is -3.70. The molecule has 6 heteroatoms. The molecule has 0 fully saturated rings. The van der Waals surface area contributed by atoms with Crippen LogP contribution in [0.15, 0.2) is 47.4 Å². The van der Waals surface area contributed by atoms with Crippen LogP contribution in [0.2, 0.25) is 0 Å². The molecule has 0 aromatic heterocycles. The van der Waals surface area contributed by atoms with Gasteiger partial charge in [0.25, 0.3) is 0 Å². The number of rotatable bonds is 3. The molecule has 2 N–H and O–H groups in total. The second-order valence-electron chi connectivity index (χ2n) is 5.13. The van der Waals surface area contributed by atoms with Gasteiger partial charge in [-0.2, -0.15) is 0 Å². The van der Waals surface area contributed by atoms with Crippen LogP contribution in [0.25, 0.3) is 0 Å². The molecule has 0 spiro atoms. The van der Waals surface area contributed by atoms with E-state index in [0.29, 0.717) is 6.54 Å². The largest absolute Gasteiger partial charge is 0.367 e.